The molecule has 192 valence electrons. The first-order chi connectivity index (χ1) is 18.1. The molecule has 6 nitrogen and oxygen atoms in total. The highest BCUT2D eigenvalue weighted by atomic mass is 16.5. The van der Waals surface area contributed by atoms with Crippen LogP contribution in [0.1, 0.15) is 37.3 Å². The normalized spacial score (nSPS) is 14.6. The predicted molar refractivity (Wildman–Crippen MR) is 146 cm³/mol. The number of benzene rings is 3. The summed E-state index contributed by atoms with van der Waals surface area (Å²) in [5.41, 5.74) is 5.71. The summed E-state index contributed by atoms with van der Waals surface area (Å²) < 4.78 is 13.8. The lowest BCUT2D eigenvalue weighted by Gasteiger charge is -2.18. The summed E-state index contributed by atoms with van der Waals surface area (Å²) >= 11 is 0. The van der Waals surface area contributed by atoms with Gasteiger partial charge in [0.05, 0.1) is 7.11 Å². The third-order valence-electron chi connectivity index (χ3n) is 7.17. The Kier molecular flexibility index (Phi) is 7.47. The standard InChI is InChI=1S/C31H34N2O4/c1-3-29(31(34)35)37-26-14-12-23(13-15-26)28-19-24-8-4-5-9-27(24)33(28)20-22-10-11-25(30(18-22)36-2)21-32-16-6-7-17-32/h4-5,8-15,18-19,29H,3,6-7,16-17,20-21H2,1-2H3,(H,34,35). The van der Waals surface area contributed by atoms with Crippen LogP contribution < -0.4 is 9.47 Å². The molecule has 0 amide bonds. The number of likely N-dealkylation sites (tertiary alicyclic amines) is 1. The van der Waals surface area contributed by atoms with Crippen molar-refractivity contribution >= 4 is 16.9 Å². The number of hydrogen-bond donors (Lipinski definition) is 1. The predicted octanol–water partition coefficient (Wildman–Crippen LogP) is 6.20. The molecule has 1 unspecified atom stereocenters. The number of nitrogens with zero attached hydrogens (tertiary/aromatic N) is 2. The van der Waals surface area contributed by atoms with E-state index in [-0.39, 0.29) is 0 Å². The molecular weight excluding hydrogens is 464 g/mol. The molecule has 3 aromatic carbocycles. The molecule has 1 aliphatic rings. The van der Waals surface area contributed by atoms with Gasteiger partial charge in [-0.15, -0.1) is 0 Å². The number of aromatic nitrogens is 1. The first-order valence-corrected chi connectivity index (χ1v) is 13.0. The zero-order valence-corrected chi connectivity index (χ0v) is 21.5. The molecule has 1 fully saturated rings. The summed E-state index contributed by atoms with van der Waals surface area (Å²) in [7, 11) is 1.75. The molecule has 37 heavy (non-hydrogen) atoms. The Balaban J connectivity index is 1.44. The van der Waals surface area contributed by atoms with E-state index in [1.165, 1.54) is 29.4 Å². The summed E-state index contributed by atoms with van der Waals surface area (Å²) in [4.78, 5) is 13.8. The minimum Gasteiger partial charge on any atom is -0.496 e. The second-order valence-electron chi connectivity index (χ2n) is 9.68. The number of carboxylic acids is 1. The molecule has 4 aromatic rings. The Morgan fingerprint density at radius 3 is 2.43 bits per heavy atom. The molecule has 0 radical (unpaired) electrons. The van der Waals surface area contributed by atoms with E-state index in [4.69, 9.17) is 9.47 Å². The van der Waals surface area contributed by atoms with Gasteiger partial charge in [-0.05, 0) is 85.9 Å². The number of methoxy groups -OCH3 is 1. The van der Waals surface area contributed by atoms with E-state index in [0.717, 1.165) is 42.2 Å². The van der Waals surface area contributed by atoms with Crippen LogP contribution in [0.15, 0.2) is 72.8 Å². The van der Waals surface area contributed by atoms with E-state index in [9.17, 15) is 9.90 Å². The first kappa shape index (κ1) is 24.9. The molecule has 6 heteroatoms. The number of carbonyl (C=O) groups is 1. The molecule has 0 saturated carbocycles. The molecule has 1 atom stereocenters. The molecule has 1 N–H and O–H groups in total. The van der Waals surface area contributed by atoms with Crippen molar-refractivity contribution in [3.8, 4) is 22.8 Å². The Morgan fingerprint density at radius 1 is 0.973 bits per heavy atom. The van der Waals surface area contributed by atoms with Crippen LogP contribution >= 0.6 is 0 Å². The largest absolute Gasteiger partial charge is 0.496 e. The van der Waals surface area contributed by atoms with Crippen LogP contribution in [0.25, 0.3) is 22.2 Å². The highest BCUT2D eigenvalue weighted by Crippen LogP contribution is 2.32. The monoisotopic (exact) mass is 498 g/mol. The Morgan fingerprint density at radius 2 is 1.73 bits per heavy atom. The summed E-state index contributed by atoms with van der Waals surface area (Å²) in [6.07, 6.45) is 2.11. The van der Waals surface area contributed by atoms with Gasteiger partial charge in [-0.25, -0.2) is 4.79 Å². The van der Waals surface area contributed by atoms with E-state index in [1.54, 1.807) is 14.0 Å². The maximum absolute atomic E-state index is 11.4. The van der Waals surface area contributed by atoms with Gasteiger partial charge in [0.1, 0.15) is 11.5 Å². The van der Waals surface area contributed by atoms with Crippen LogP contribution in [-0.4, -0.2) is 46.8 Å². The minimum atomic E-state index is -0.950. The number of carboxylic acid groups (broad SMARTS) is 1. The average Bonchev–Trinajstić information content (AvgIpc) is 3.56. The summed E-state index contributed by atoms with van der Waals surface area (Å²) in [5.74, 6) is 0.542. The first-order valence-electron chi connectivity index (χ1n) is 13.0. The third kappa shape index (κ3) is 5.49. The van der Waals surface area contributed by atoms with Gasteiger partial charge < -0.3 is 19.1 Å². The van der Waals surface area contributed by atoms with Crippen LogP contribution in [0.2, 0.25) is 0 Å². The summed E-state index contributed by atoms with van der Waals surface area (Å²) in [5, 5.41) is 10.5. The minimum absolute atomic E-state index is 0.408. The van der Waals surface area contributed by atoms with Crippen molar-refractivity contribution in [1.29, 1.82) is 0 Å². The lowest BCUT2D eigenvalue weighted by molar-refractivity contribution is -0.145. The fourth-order valence-electron chi connectivity index (χ4n) is 5.18. The number of hydrogen-bond acceptors (Lipinski definition) is 4. The van der Waals surface area contributed by atoms with Crippen molar-refractivity contribution in [2.75, 3.05) is 20.2 Å². The Bertz CT molecular complexity index is 1370. The molecule has 1 aliphatic heterocycles. The summed E-state index contributed by atoms with van der Waals surface area (Å²) in [6.45, 7) is 5.75. The van der Waals surface area contributed by atoms with Crippen molar-refractivity contribution in [1.82, 2.24) is 9.47 Å². The highest BCUT2D eigenvalue weighted by Gasteiger charge is 2.18. The van der Waals surface area contributed by atoms with Gasteiger partial charge in [-0.1, -0.05) is 37.3 Å². The van der Waals surface area contributed by atoms with E-state index in [0.29, 0.717) is 18.7 Å². The third-order valence-corrected chi connectivity index (χ3v) is 7.17. The number of fused-ring (bicyclic) bond motifs is 1. The molecule has 1 saturated heterocycles. The molecule has 0 aliphatic carbocycles. The van der Waals surface area contributed by atoms with Crippen LogP contribution in [-0.2, 0) is 17.9 Å². The molecule has 2 heterocycles. The van der Waals surface area contributed by atoms with Gasteiger partial charge in [-0.2, -0.15) is 0 Å². The van der Waals surface area contributed by atoms with Gasteiger partial charge in [0.25, 0.3) is 0 Å². The second-order valence-corrected chi connectivity index (χ2v) is 9.68. The average molecular weight is 499 g/mol. The maximum atomic E-state index is 11.4. The Hall–Kier alpha value is -3.77. The van der Waals surface area contributed by atoms with E-state index in [1.807, 2.05) is 24.3 Å². The van der Waals surface area contributed by atoms with E-state index >= 15 is 0 Å². The molecule has 0 spiro atoms. The quantitative estimate of drug-likeness (QED) is 0.282. The zero-order chi connectivity index (χ0) is 25.8. The number of ether oxygens (including phenoxy) is 2. The molecular formula is C31H34N2O4. The van der Waals surface area contributed by atoms with Gasteiger partial charge in [0.15, 0.2) is 6.10 Å². The van der Waals surface area contributed by atoms with Crippen molar-refractivity contribution in [3.05, 3.63) is 83.9 Å². The number of para-hydroxylation sites is 1. The van der Waals surface area contributed by atoms with Gasteiger partial charge in [0, 0.05) is 35.2 Å². The topological polar surface area (TPSA) is 63.9 Å². The van der Waals surface area contributed by atoms with Gasteiger partial charge in [-0.3, -0.25) is 4.90 Å². The van der Waals surface area contributed by atoms with Crippen LogP contribution in [0.5, 0.6) is 11.5 Å². The number of aliphatic carboxylic acids is 1. The van der Waals surface area contributed by atoms with E-state index < -0.39 is 12.1 Å². The van der Waals surface area contributed by atoms with Crippen LogP contribution in [0.3, 0.4) is 0 Å². The fourth-order valence-corrected chi connectivity index (χ4v) is 5.18. The molecule has 5 rings (SSSR count). The number of rotatable bonds is 10. The maximum Gasteiger partial charge on any atom is 0.344 e. The van der Waals surface area contributed by atoms with E-state index in [2.05, 4.69) is 58.0 Å². The summed E-state index contributed by atoms with van der Waals surface area (Å²) in [6, 6.07) is 24.9. The molecule has 1 aromatic heterocycles. The van der Waals surface area contributed by atoms with Crippen LogP contribution in [0, 0.1) is 0 Å². The Labute approximate surface area is 218 Å². The van der Waals surface area contributed by atoms with Crippen molar-refractivity contribution < 1.29 is 19.4 Å². The van der Waals surface area contributed by atoms with Crippen molar-refractivity contribution in [3.63, 3.8) is 0 Å². The van der Waals surface area contributed by atoms with Crippen LogP contribution in [0.4, 0.5) is 0 Å². The highest BCUT2D eigenvalue weighted by molar-refractivity contribution is 5.87. The lowest BCUT2D eigenvalue weighted by Crippen LogP contribution is -2.25. The molecule has 0 bridgehead atoms. The van der Waals surface area contributed by atoms with Crippen molar-refractivity contribution in [2.24, 2.45) is 0 Å². The van der Waals surface area contributed by atoms with Gasteiger partial charge >= 0.3 is 5.97 Å². The lowest BCUT2D eigenvalue weighted by atomic mass is 10.1. The van der Waals surface area contributed by atoms with Crippen molar-refractivity contribution in [2.45, 2.75) is 45.4 Å². The SMILES string of the molecule is CCC(Oc1ccc(-c2cc3ccccc3n2Cc2ccc(CN3CCCC3)c(OC)c2)cc1)C(=O)O. The fraction of sp³-hybridized carbons (Fsp3) is 0.323. The smallest absolute Gasteiger partial charge is 0.344 e. The zero-order valence-electron chi connectivity index (χ0n) is 21.5. The van der Waals surface area contributed by atoms with Gasteiger partial charge in [0.2, 0.25) is 0 Å². The second kappa shape index (κ2) is 11.1.